The number of ether oxygens (including phenoxy) is 2. The average Bonchev–Trinajstić information content (AvgIpc) is 3.17. The average molecular weight is 463 g/mol. The maximum absolute atomic E-state index is 12.2. The largest absolute Gasteiger partial charge is 0.465 e. The van der Waals surface area contributed by atoms with E-state index >= 15 is 0 Å². The van der Waals surface area contributed by atoms with Gasteiger partial charge in [0.25, 0.3) is 0 Å². The van der Waals surface area contributed by atoms with Crippen molar-refractivity contribution < 1.29 is 19.1 Å². The molecule has 4 heterocycles. The molecule has 0 radical (unpaired) electrons. The molecular formula is C23H25N7O4. The lowest BCUT2D eigenvalue weighted by molar-refractivity contribution is 0.00625. The van der Waals surface area contributed by atoms with Crippen LogP contribution in [0.4, 0.5) is 0 Å². The summed E-state index contributed by atoms with van der Waals surface area (Å²) in [4.78, 5) is 28.9. The first-order chi connectivity index (χ1) is 16.2. The number of pyridine rings is 1. The van der Waals surface area contributed by atoms with Crippen molar-refractivity contribution >= 4 is 17.6 Å². The lowest BCUT2D eigenvalue weighted by Crippen LogP contribution is -2.24. The zero-order chi connectivity index (χ0) is 24.0. The van der Waals surface area contributed by atoms with Crippen molar-refractivity contribution in [3.63, 3.8) is 0 Å². The molecule has 0 N–H and O–H groups in total. The van der Waals surface area contributed by atoms with Crippen LogP contribution in [0.5, 0.6) is 0 Å². The van der Waals surface area contributed by atoms with Gasteiger partial charge in [-0.2, -0.15) is 5.10 Å². The Morgan fingerprint density at radius 1 is 1.12 bits per heavy atom. The fraction of sp³-hybridized carbons (Fsp3) is 0.391. The van der Waals surface area contributed by atoms with Crippen LogP contribution in [0, 0.1) is 0 Å². The Hall–Kier alpha value is -4.02. The third-order valence-corrected chi connectivity index (χ3v) is 5.37. The molecule has 0 atom stereocenters. The molecule has 4 aromatic heterocycles. The number of carbonyl (C=O) groups is 2. The minimum atomic E-state index is -0.613. The van der Waals surface area contributed by atoms with Gasteiger partial charge in [0.15, 0.2) is 11.3 Å². The number of esters is 2. The van der Waals surface area contributed by atoms with Gasteiger partial charge in [0.1, 0.15) is 11.3 Å². The number of rotatable bonds is 6. The summed E-state index contributed by atoms with van der Waals surface area (Å²) in [5.74, 6) is -0.460. The van der Waals surface area contributed by atoms with Crippen LogP contribution in [0.15, 0.2) is 37.1 Å². The Bertz CT molecular complexity index is 1390. The Morgan fingerprint density at radius 2 is 1.91 bits per heavy atom. The highest BCUT2D eigenvalue weighted by atomic mass is 16.6. The van der Waals surface area contributed by atoms with Gasteiger partial charge in [0, 0.05) is 18.6 Å². The number of hydrogen-bond donors (Lipinski definition) is 0. The van der Waals surface area contributed by atoms with E-state index in [1.165, 1.54) is 18.9 Å². The second kappa shape index (κ2) is 8.08. The van der Waals surface area contributed by atoms with Crippen molar-refractivity contribution in [1.29, 1.82) is 0 Å². The first-order valence-electron chi connectivity index (χ1n) is 11.0. The zero-order valence-corrected chi connectivity index (χ0v) is 19.4. The third kappa shape index (κ3) is 4.41. The van der Waals surface area contributed by atoms with E-state index in [2.05, 4.69) is 27.7 Å². The molecular weight excluding hydrogens is 438 g/mol. The quantitative estimate of drug-likeness (QED) is 0.401. The molecule has 0 unspecified atom stereocenters. The van der Waals surface area contributed by atoms with Crippen LogP contribution < -0.4 is 0 Å². The molecule has 11 heteroatoms. The topological polar surface area (TPSA) is 118 Å². The highest BCUT2D eigenvalue weighted by molar-refractivity contribution is 5.89. The summed E-state index contributed by atoms with van der Waals surface area (Å²) in [5, 5.41) is 12.3. The number of nitrogens with zero attached hydrogens (tertiary/aromatic N) is 7. The van der Waals surface area contributed by atoms with Gasteiger partial charge >= 0.3 is 11.9 Å². The van der Waals surface area contributed by atoms with Crippen molar-refractivity contribution in [2.75, 3.05) is 7.11 Å². The van der Waals surface area contributed by atoms with Crippen LogP contribution in [0.2, 0.25) is 0 Å². The normalized spacial score (nSPS) is 13.9. The summed E-state index contributed by atoms with van der Waals surface area (Å²) in [6.45, 7) is 5.72. The Balaban J connectivity index is 1.46. The molecule has 4 aromatic rings. The molecule has 1 fully saturated rings. The summed E-state index contributed by atoms with van der Waals surface area (Å²) in [6.07, 6.45) is 10.9. The number of hydrogen-bond acceptors (Lipinski definition) is 8. The molecule has 1 aliphatic carbocycles. The molecule has 0 bridgehead atoms. The number of imidazole rings is 1. The van der Waals surface area contributed by atoms with E-state index in [1.807, 2.05) is 10.6 Å². The molecule has 1 aliphatic rings. The molecule has 176 valence electrons. The molecule has 11 nitrogen and oxygen atoms in total. The Kier molecular flexibility index (Phi) is 5.18. The van der Waals surface area contributed by atoms with Crippen molar-refractivity contribution in [3.8, 4) is 5.69 Å². The number of methoxy groups -OCH3 is 1. The fourth-order valence-electron chi connectivity index (χ4n) is 3.68. The standard InChI is InChI=1S/C23H25N7O4/c1-23(2,3)34-22(32)18-13-29(27-26-18)12-17-11-28-9-15(14-5-6-14)7-19(20(28)25-17)30-10-16(8-24-30)21(31)33-4/h7-11,13-14H,5-6,12H2,1-4H3. The summed E-state index contributed by atoms with van der Waals surface area (Å²) in [6, 6.07) is 2.06. The first-order valence-corrected chi connectivity index (χ1v) is 11.0. The van der Waals surface area contributed by atoms with Crippen molar-refractivity contribution in [2.45, 2.75) is 51.7 Å². The predicted octanol–water partition coefficient (Wildman–Crippen LogP) is 2.78. The monoisotopic (exact) mass is 463 g/mol. The first kappa shape index (κ1) is 21.8. The zero-order valence-electron chi connectivity index (χ0n) is 19.4. The van der Waals surface area contributed by atoms with E-state index in [1.54, 1.807) is 42.5 Å². The van der Waals surface area contributed by atoms with Crippen molar-refractivity contribution in [3.05, 3.63) is 59.6 Å². The number of fused-ring (bicyclic) bond motifs is 1. The van der Waals surface area contributed by atoms with Crippen LogP contribution in [0.3, 0.4) is 0 Å². The van der Waals surface area contributed by atoms with Crippen LogP contribution in [0.1, 0.15) is 71.6 Å². The number of aromatic nitrogens is 7. The van der Waals surface area contributed by atoms with Crippen LogP contribution in [-0.2, 0) is 16.0 Å². The molecule has 0 spiro atoms. The molecule has 0 aliphatic heterocycles. The van der Waals surface area contributed by atoms with Crippen LogP contribution in [-0.4, -0.2) is 58.8 Å². The van der Waals surface area contributed by atoms with Gasteiger partial charge in [-0.05, 0) is 51.2 Å². The molecule has 34 heavy (non-hydrogen) atoms. The van der Waals surface area contributed by atoms with Gasteiger partial charge in [0.05, 0.1) is 37.3 Å². The van der Waals surface area contributed by atoms with E-state index in [-0.39, 0.29) is 5.69 Å². The summed E-state index contributed by atoms with van der Waals surface area (Å²) in [5.41, 5.74) is 3.26. The maximum atomic E-state index is 12.2. The smallest absolute Gasteiger partial charge is 0.361 e. The lowest BCUT2D eigenvalue weighted by Gasteiger charge is -2.18. The van der Waals surface area contributed by atoms with Gasteiger partial charge < -0.3 is 13.9 Å². The summed E-state index contributed by atoms with van der Waals surface area (Å²) < 4.78 is 15.3. The second-order valence-electron chi connectivity index (χ2n) is 9.36. The maximum Gasteiger partial charge on any atom is 0.361 e. The predicted molar refractivity (Wildman–Crippen MR) is 120 cm³/mol. The minimum absolute atomic E-state index is 0.141. The third-order valence-electron chi connectivity index (χ3n) is 5.37. The highest BCUT2D eigenvalue weighted by Crippen LogP contribution is 2.41. The summed E-state index contributed by atoms with van der Waals surface area (Å²) >= 11 is 0. The van der Waals surface area contributed by atoms with Crippen molar-refractivity contribution in [1.82, 2.24) is 34.2 Å². The molecule has 0 amide bonds. The van der Waals surface area contributed by atoms with Gasteiger partial charge in [-0.25, -0.2) is 23.9 Å². The van der Waals surface area contributed by atoms with E-state index < -0.39 is 17.5 Å². The molecule has 0 saturated heterocycles. The SMILES string of the molecule is COC(=O)c1cnn(-c2cc(C3CC3)cn3cc(Cn4cc(C(=O)OC(C)(C)C)nn4)nc23)c1. The molecule has 0 aromatic carbocycles. The van der Waals surface area contributed by atoms with Gasteiger partial charge in [0.2, 0.25) is 0 Å². The Labute approximate surface area is 195 Å². The van der Waals surface area contributed by atoms with Crippen LogP contribution >= 0.6 is 0 Å². The minimum Gasteiger partial charge on any atom is -0.465 e. The summed E-state index contributed by atoms with van der Waals surface area (Å²) in [7, 11) is 1.34. The Morgan fingerprint density at radius 3 is 2.62 bits per heavy atom. The fourth-order valence-corrected chi connectivity index (χ4v) is 3.68. The van der Waals surface area contributed by atoms with Gasteiger partial charge in [-0.1, -0.05) is 5.21 Å². The van der Waals surface area contributed by atoms with E-state index in [4.69, 9.17) is 14.5 Å². The van der Waals surface area contributed by atoms with E-state index in [0.717, 1.165) is 24.2 Å². The number of carbonyl (C=O) groups excluding carboxylic acids is 2. The molecule has 5 rings (SSSR count). The van der Waals surface area contributed by atoms with E-state index in [9.17, 15) is 9.59 Å². The van der Waals surface area contributed by atoms with Crippen LogP contribution in [0.25, 0.3) is 11.3 Å². The second-order valence-corrected chi connectivity index (χ2v) is 9.36. The highest BCUT2D eigenvalue weighted by Gasteiger charge is 2.26. The van der Waals surface area contributed by atoms with Gasteiger partial charge in [-0.15, -0.1) is 5.10 Å². The van der Waals surface area contributed by atoms with Crippen molar-refractivity contribution in [2.24, 2.45) is 0 Å². The van der Waals surface area contributed by atoms with E-state index in [0.29, 0.717) is 23.7 Å². The lowest BCUT2D eigenvalue weighted by atomic mass is 10.2. The van der Waals surface area contributed by atoms with Gasteiger partial charge in [-0.3, -0.25) is 0 Å². The molecule has 1 saturated carbocycles.